The molecule has 178 valence electrons. The highest BCUT2D eigenvalue weighted by Crippen LogP contribution is 2.33. The number of hydrazone groups is 1. The molecule has 0 aliphatic heterocycles. The lowest BCUT2D eigenvalue weighted by molar-refractivity contribution is -0.116. The molecule has 11 heteroatoms. The zero-order valence-corrected chi connectivity index (χ0v) is 19.1. The van der Waals surface area contributed by atoms with Crippen molar-refractivity contribution in [3.8, 4) is 5.75 Å². The molecule has 2 amide bonds. The molecule has 0 bridgehead atoms. The van der Waals surface area contributed by atoms with Crippen LogP contribution in [0.5, 0.6) is 5.75 Å². The lowest BCUT2D eigenvalue weighted by Crippen LogP contribution is -2.35. The number of aromatic nitrogens is 1. The van der Waals surface area contributed by atoms with Gasteiger partial charge in [0.05, 0.1) is 18.5 Å². The van der Waals surface area contributed by atoms with Gasteiger partial charge >= 0.3 is 6.03 Å². The number of urea groups is 1. The predicted molar refractivity (Wildman–Crippen MR) is 128 cm³/mol. The Morgan fingerprint density at radius 2 is 2.09 bits per heavy atom. The predicted octanol–water partition coefficient (Wildman–Crippen LogP) is 0.770. The number of pyridine rings is 1. The van der Waals surface area contributed by atoms with Crippen LogP contribution >= 0.6 is 0 Å². The summed E-state index contributed by atoms with van der Waals surface area (Å²) in [6, 6.07) is -0.555. The third-order valence-corrected chi connectivity index (χ3v) is 4.22. The lowest BCUT2D eigenvalue weighted by atomic mass is 9.98. The second-order valence-corrected chi connectivity index (χ2v) is 6.69. The Hall–Kier alpha value is -3.67. The van der Waals surface area contributed by atoms with Crippen molar-refractivity contribution >= 4 is 35.5 Å². The van der Waals surface area contributed by atoms with Crippen LogP contribution in [0.3, 0.4) is 0 Å². The third kappa shape index (κ3) is 8.41. The topological polar surface area (TPSA) is 165 Å². The standard InChI is InChI=1S/C22H31N7O4/c1-15(13-28-29(4)22(32)26-10-11-30)19-14-27-20(18(12-24)21(19)33-25-3)17(6-5-9-23)8-7-16(2)31/h5-6,8,11,13-14,25H,1,7,9-10,12,23-24H2,2-4H3,(H,26,32)/b6-5-,17-8+,28-13-. The number of rotatable bonds is 13. The Morgan fingerprint density at radius 1 is 1.36 bits per heavy atom. The minimum Gasteiger partial charge on any atom is -0.408 e. The summed E-state index contributed by atoms with van der Waals surface area (Å²) >= 11 is 0. The van der Waals surface area contributed by atoms with Crippen molar-refractivity contribution in [2.24, 2.45) is 16.6 Å². The number of Topliss-reactive ketones (excluding diaryl/α,β-unsaturated/α-hetero) is 1. The molecule has 0 aliphatic rings. The Labute approximate surface area is 193 Å². The Kier molecular flexibility index (Phi) is 11.9. The molecule has 1 aromatic heterocycles. The highest BCUT2D eigenvalue weighted by molar-refractivity contribution is 6.10. The number of hydrogen-bond donors (Lipinski definition) is 4. The molecule has 0 aromatic carbocycles. The lowest BCUT2D eigenvalue weighted by Gasteiger charge is -2.18. The van der Waals surface area contributed by atoms with Crippen LogP contribution in [0.25, 0.3) is 11.1 Å². The maximum Gasteiger partial charge on any atom is 0.337 e. The SMILES string of the molecule is C=C(/C=N\N(C)C(=O)NCC=O)c1cnc(C(/C=C\CN)=C/CC(C)=O)c(CN)c1ONC. The number of nitrogens with zero attached hydrogens (tertiary/aromatic N) is 3. The summed E-state index contributed by atoms with van der Waals surface area (Å²) in [5.41, 5.74) is 16.9. The van der Waals surface area contributed by atoms with E-state index in [1.807, 2.05) is 0 Å². The number of carbonyl (C=O) groups is 3. The molecule has 0 unspecified atom stereocenters. The van der Waals surface area contributed by atoms with E-state index in [4.69, 9.17) is 16.3 Å². The normalized spacial score (nSPS) is 11.6. The van der Waals surface area contributed by atoms with Gasteiger partial charge in [-0.1, -0.05) is 24.8 Å². The summed E-state index contributed by atoms with van der Waals surface area (Å²) in [6.07, 6.45) is 8.97. The number of amides is 2. The van der Waals surface area contributed by atoms with E-state index in [0.29, 0.717) is 46.5 Å². The number of ketones is 1. The molecular formula is C22H31N7O4. The first kappa shape index (κ1) is 27.4. The largest absolute Gasteiger partial charge is 0.408 e. The quantitative estimate of drug-likeness (QED) is 0.146. The summed E-state index contributed by atoms with van der Waals surface area (Å²) in [5, 5.41) is 7.42. The Bertz CT molecular complexity index is 954. The summed E-state index contributed by atoms with van der Waals surface area (Å²) in [4.78, 5) is 43.9. The molecule has 0 aliphatic carbocycles. The smallest absolute Gasteiger partial charge is 0.337 e. The molecule has 6 N–H and O–H groups in total. The zero-order valence-electron chi connectivity index (χ0n) is 19.1. The van der Waals surface area contributed by atoms with Crippen molar-refractivity contribution in [2.75, 3.05) is 27.2 Å². The zero-order chi connectivity index (χ0) is 24.8. The van der Waals surface area contributed by atoms with Gasteiger partial charge in [0.2, 0.25) is 0 Å². The number of nitrogens with one attached hydrogen (secondary N) is 2. The van der Waals surface area contributed by atoms with Crippen molar-refractivity contribution in [1.82, 2.24) is 20.8 Å². The molecule has 33 heavy (non-hydrogen) atoms. The Morgan fingerprint density at radius 3 is 2.67 bits per heavy atom. The minimum absolute atomic E-state index is 0.00264. The number of hydrogen-bond acceptors (Lipinski definition) is 9. The molecule has 0 spiro atoms. The number of nitrogens with two attached hydrogens (primary N) is 2. The van der Waals surface area contributed by atoms with Gasteiger partial charge in [0.1, 0.15) is 12.1 Å². The number of carbonyl (C=O) groups excluding carboxylic acids is 3. The van der Waals surface area contributed by atoms with Gasteiger partial charge in [-0.05, 0) is 18.1 Å². The van der Waals surface area contributed by atoms with Crippen LogP contribution in [-0.4, -0.2) is 61.5 Å². The van der Waals surface area contributed by atoms with E-state index in [9.17, 15) is 14.4 Å². The van der Waals surface area contributed by atoms with E-state index in [-0.39, 0.29) is 25.3 Å². The summed E-state index contributed by atoms with van der Waals surface area (Å²) in [6.45, 7) is 5.75. The maximum atomic E-state index is 11.8. The van der Waals surface area contributed by atoms with Gasteiger partial charge in [-0.3, -0.25) is 9.78 Å². The molecule has 1 rings (SSSR count). The van der Waals surface area contributed by atoms with Gasteiger partial charge in [-0.2, -0.15) is 10.6 Å². The average Bonchev–Trinajstić information content (AvgIpc) is 2.80. The van der Waals surface area contributed by atoms with Crippen molar-refractivity contribution in [3.63, 3.8) is 0 Å². The minimum atomic E-state index is -0.555. The first-order valence-electron chi connectivity index (χ1n) is 10.1. The van der Waals surface area contributed by atoms with Gasteiger partial charge in [0.15, 0.2) is 5.75 Å². The molecule has 0 saturated heterocycles. The van der Waals surface area contributed by atoms with E-state index in [1.54, 1.807) is 31.5 Å². The summed E-state index contributed by atoms with van der Waals surface area (Å²) < 4.78 is 0. The van der Waals surface area contributed by atoms with Crippen LogP contribution in [0.1, 0.15) is 30.2 Å². The van der Waals surface area contributed by atoms with Crippen molar-refractivity contribution in [2.45, 2.75) is 19.9 Å². The van der Waals surface area contributed by atoms with Crippen LogP contribution in [0, 0.1) is 0 Å². The highest BCUT2D eigenvalue weighted by atomic mass is 16.6. The number of allylic oxidation sites excluding steroid dienone is 4. The molecule has 0 fully saturated rings. The van der Waals surface area contributed by atoms with E-state index in [0.717, 1.165) is 5.01 Å². The summed E-state index contributed by atoms with van der Waals surface area (Å²) in [7, 11) is 3.02. The van der Waals surface area contributed by atoms with Gasteiger partial charge in [-0.15, -0.1) is 0 Å². The first-order chi connectivity index (χ1) is 15.8. The van der Waals surface area contributed by atoms with E-state index < -0.39 is 6.03 Å². The number of aldehydes is 1. The molecule has 1 aromatic rings. The van der Waals surface area contributed by atoms with Gasteiger partial charge in [-0.25, -0.2) is 9.80 Å². The molecule has 0 saturated carbocycles. The van der Waals surface area contributed by atoms with E-state index >= 15 is 0 Å². The van der Waals surface area contributed by atoms with Gasteiger partial charge < -0.3 is 26.4 Å². The van der Waals surface area contributed by atoms with Gasteiger partial charge in [0, 0.05) is 50.9 Å². The van der Waals surface area contributed by atoms with Crippen LogP contribution < -0.4 is 27.1 Å². The fourth-order valence-corrected chi connectivity index (χ4v) is 2.64. The van der Waals surface area contributed by atoms with E-state index in [2.05, 4.69) is 27.5 Å². The van der Waals surface area contributed by atoms with Crippen LogP contribution in [0.2, 0.25) is 0 Å². The van der Waals surface area contributed by atoms with Crippen molar-refractivity contribution in [1.29, 1.82) is 0 Å². The number of hydroxylamine groups is 1. The van der Waals surface area contributed by atoms with E-state index in [1.165, 1.54) is 20.2 Å². The molecule has 0 radical (unpaired) electrons. The highest BCUT2D eigenvalue weighted by Gasteiger charge is 2.19. The average molecular weight is 458 g/mol. The second kappa shape index (κ2) is 14.4. The third-order valence-electron chi connectivity index (χ3n) is 4.22. The van der Waals surface area contributed by atoms with Crippen LogP contribution in [0.4, 0.5) is 4.79 Å². The molecular weight excluding hydrogens is 426 g/mol. The summed E-state index contributed by atoms with van der Waals surface area (Å²) in [5.74, 6) is 0.376. The first-order valence-corrected chi connectivity index (χ1v) is 10.1. The molecule has 0 atom stereocenters. The monoisotopic (exact) mass is 457 g/mol. The van der Waals surface area contributed by atoms with Crippen molar-refractivity contribution in [3.05, 3.63) is 47.8 Å². The Balaban J connectivity index is 3.42. The maximum absolute atomic E-state index is 11.8. The fourth-order valence-electron chi connectivity index (χ4n) is 2.64. The second-order valence-electron chi connectivity index (χ2n) is 6.69. The van der Waals surface area contributed by atoms with Gasteiger partial charge in [0.25, 0.3) is 0 Å². The molecule has 1 heterocycles. The fraction of sp³-hybridized carbons (Fsp3) is 0.318. The van der Waals surface area contributed by atoms with Crippen molar-refractivity contribution < 1.29 is 19.2 Å². The molecule has 11 nitrogen and oxygen atoms in total. The van der Waals surface area contributed by atoms with Crippen LogP contribution in [0.15, 0.2) is 36.1 Å². The van der Waals surface area contributed by atoms with Crippen LogP contribution in [-0.2, 0) is 16.1 Å².